The molecule has 1 aliphatic heterocycles. The Kier molecular flexibility index (Phi) is 6.09. The number of benzene rings is 3. The maximum atomic E-state index is 12.6. The van der Waals surface area contributed by atoms with Crippen LogP contribution >= 0.6 is 0 Å². The SMILES string of the molecule is O=C1CCc2cc(OCC(=O)N[C@H](Cc3ccccc3)c3ccccc3)ccc2N1. The van der Waals surface area contributed by atoms with Crippen LogP contribution in [0.15, 0.2) is 78.9 Å². The Hall–Kier alpha value is -3.60. The van der Waals surface area contributed by atoms with Gasteiger partial charge in [-0.05, 0) is 47.7 Å². The van der Waals surface area contributed by atoms with Gasteiger partial charge in [0.1, 0.15) is 5.75 Å². The Bertz CT molecular complexity index is 1020. The van der Waals surface area contributed by atoms with Crippen molar-refractivity contribution in [1.29, 1.82) is 0 Å². The number of carbonyl (C=O) groups is 2. The molecule has 1 atom stereocenters. The summed E-state index contributed by atoms with van der Waals surface area (Å²) in [6.07, 6.45) is 1.85. The largest absolute Gasteiger partial charge is 0.484 e. The summed E-state index contributed by atoms with van der Waals surface area (Å²) in [4.78, 5) is 24.1. The average Bonchev–Trinajstić information content (AvgIpc) is 2.78. The summed E-state index contributed by atoms with van der Waals surface area (Å²) in [6.45, 7) is -0.0662. The second-order valence-corrected chi connectivity index (χ2v) is 7.38. The minimum absolute atomic E-state index is 0.0286. The highest BCUT2D eigenvalue weighted by molar-refractivity contribution is 5.94. The summed E-state index contributed by atoms with van der Waals surface area (Å²) < 4.78 is 5.72. The standard InChI is InChI=1S/C25H24N2O3/c28-24-14-11-20-16-21(12-13-22(20)26-24)30-17-25(29)27-23(19-9-5-2-6-10-19)15-18-7-3-1-4-8-18/h1-10,12-13,16,23H,11,14-15,17H2,(H,26,28)(H,27,29)/t23-/m1/s1. The Labute approximate surface area is 176 Å². The number of carbonyl (C=O) groups excluding carboxylic acids is 2. The lowest BCUT2D eigenvalue weighted by Crippen LogP contribution is -2.33. The van der Waals surface area contributed by atoms with Crippen LogP contribution in [0, 0.1) is 0 Å². The minimum Gasteiger partial charge on any atom is -0.484 e. The van der Waals surface area contributed by atoms with Gasteiger partial charge in [-0.1, -0.05) is 60.7 Å². The molecule has 4 rings (SSSR count). The first-order valence-electron chi connectivity index (χ1n) is 10.1. The highest BCUT2D eigenvalue weighted by Crippen LogP contribution is 2.27. The third-order valence-corrected chi connectivity index (χ3v) is 5.16. The molecule has 2 amide bonds. The first-order chi connectivity index (χ1) is 14.7. The fourth-order valence-corrected chi connectivity index (χ4v) is 3.62. The topological polar surface area (TPSA) is 67.4 Å². The van der Waals surface area contributed by atoms with Gasteiger partial charge in [0.05, 0.1) is 6.04 Å². The second kappa shape index (κ2) is 9.27. The van der Waals surface area contributed by atoms with Crippen molar-refractivity contribution in [3.05, 3.63) is 95.6 Å². The Morgan fingerprint density at radius 3 is 2.47 bits per heavy atom. The Morgan fingerprint density at radius 2 is 1.70 bits per heavy atom. The zero-order valence-electron chi connectivity index (χ0n) is 16.6. The first-order valence-corrected chi connectivity index (χ1v) is 10.1. The van der Waals surface area contributed by atoms with E-state index in [1.807, 2.05) is 60.7 Å². The number of rotatable bonds is 7. The summed E-state index contributed by atoms with van der Waals surface area (Å²) in [5.41, 5.74) is 4.05. The smallest absolute Gasteiger partial charge is 0.258 e. The predicted octanol–water partition coefficient (Wildman–Crippen LogP) is 4.05. The molecule has 0 spiro atoms. The third kappa shape index (κ3) is 5.06. The van der Waals surface area contributed by atoms with E-state index in [0.717, 1.165) is 22.4 Å². The van der Waals surface area contributed by atoms with Crippen molar-refractivity contribution < 1.29 is 14.3 Å². The molecule has 5 heteroatoms. The summed E-state index contributed by atoms with van der Waals surface area (Å²) in [6, 6.07) is 25.4. The van der Waals surface area contributed by atoms with Gasteiger partial charge in [0.15, 0.2) is 6.61 Å². The number of anilines is 1. The molecule has 0 saturated carbocycles. The summed E-state index contributed by atoms with van der Waals surface area (Å²) >= 11 is 0. The van der Waals surface area contributed by atoms with Gasteiger partial charge >= 0.3 is 0 Å². The maximum Gasteiger partial charge on any atom is 0.258 e. The van der Waals surface area contributed by atoms with Gasteiger partial charge in [-0.15, -0.1) is 0 Å². The fraction of sp³-hybridized carbons (Fsp3) is 0.200. The van der Waals surface area contributed by atoms with Gasteiger partial charge in [0, 0.05) is 12.1 Å². The lowest BCUT2D eigenvalue weighted by molar-refractivity contribution is -0.123. The van der Waals surface area contributed by atoms with Crippen LogP contribution in [0.25, 0.3) is 0 Å². The number of ether oxygens (including phenoxy) is 1. The van der Waals surface area contributed by atoms with E-state index in [9.17, 15) is 9.59 Å². The number of hydrogen-bond donors (Lipinski definition) is 2. The lowest BCUT2D eigenvalue weighted by atomic mass is 9.99. The Morgan fingerprint density at radius 1 is 0.967 bits per heavy atom. The number of fused-ring (bicyclic) bond motifs is 1. The minimum atomic E-state index is -0.175. The van der Waals surface area contributed by atoms with Crippen LogP contribution in [0.3, 0.4) is 0 Å². The van der Waals surface area contributed by atoms with Crippen LogP contribution in [0.5, 0.6) is 5.75 Å². The van der Waals surface area contributed by atoms with E-state index in [0.29, 0.717) is 25.0 Å². The zero-order chi connectivity index (χ0) is 20.8. The average molecular weight is 400 g/mol. The van der Waals surface area contributed by atoms with Crippen molar-refractivity contribution in [3.63, 3.8) is 0 Å². The highest BCUT2D eigenvalue weighted by Gasteiger charge is 2.17. The molecule has 5 nitrogen and oxygen atoms in total. The molecular weight excluding hydrogens is 376 g/mol. The van der Waals surface area contributed by atoms with Crippen LogP contribution < -0.4 is 15.4 Å². The van der Waals surface area contributed by atoms with Crippen LogP contribution in [-0.4, -0.2) is 18.4 Å². The zero-order valence-corrected chi connectivity index (χ0v) is 16.6. The molecule has 3 aromatic carbocycles. The van der Waals surface area contributed by atoms with Crippen molar-refractivity contribution in [1.82, 2.24) is 5.32 Å². The summed E-state index contributed by atoms with van der Waals surface area (Å²) in [7, 11) is 0. The molecule has 0 bridgehead atoms. The van der Waals surface area contributed by atoms with Crippen LogP contribution in [-0.2, 0) is 22.4 Å². The molecule has 1 heterocycles. The normalized spacial score (nSPS) is 13.7. The third-order valence-electron chi connectivity index (χ3n) is 5.16. The van der Waals surface area contributed by atoms with Crippen LogP contribution in [0.2, 0.25) is 0 Å². The molecule has 3 aromatic rings. The van der Waals surface area contributed by atoms with E-state index < -0.39 is 0 Å². The number of nitrogens with one attached hydrogen (secondary N) is 2. The quantitative estimate of drug-likeness (QED) is 0.629. The molecular formula is C25H24N2O3. The molecule has 30 heavy (non-hydrogen) atoms. The first kappa shape index (κ1) is 19.7. The summed E-state index contributed by atoms with van der Waals surface area (Å²) in [5.74, 6) is 0.478. The van der Waals surface area contributed by atoms with E-state index in [2.05, 4.69) is 22.8 Å². The van der Waals surface area contributed by atoms with Crippen LogP contribution in [0.4, 0.5) is 5.69 Å². The van der Waals surface area contributed by atoms with Crippen molar-refractivity contribution in [3.8, 4) is 5.75 Å². The lowest BCUT2D eigenvalue weighted by Gasteiger charge is -2.20. The molecule has 152 valence electrons. The molecule has 0 aromatic heterocycles. The summed E-state index contributed by atoms with van der Waals surface area (Å²) in [5, 5.41) is 5.94. The van der Waals surface area contributed by atoms with E-state index in [4.69, 9.17) is 4.74 Å². The van der Waals surface area contributed by atoms with Gasteiger partial charge in [-0.3, -0.25) is 9.59 Å². The van der Waals surface area contributed by atoms with Gasteiger partial charge in [-0.25, -0.2) is 0 Å². The monoisotopic (exact) mass is 400 g/mol. The molecule has 2 N–H and O–H groups in total. The predicted molar refractivity (Wildman–Crippen MR) is 116 cm³/mol. The van der Waals surface area contributed by atoms with E-state index in [-0.39, 0.29) is 24.5 Å². The highest BCUT2D eigenvalue weighted by atomic mass is 16.5. The number of aryl methyl sites for hydroxylation is 1. The molecule has 0 unspecified atom stereocenters. The molecule has 1 aliphatic rings. The van der Waals surface area contributed by atoms with Gasteiger partial charge in [0.25, 0.3) is 5.91 Å². The van der Waals surface area contributed by atoms with E-state index in [1.54, 1.807) is 6.07 Å². The van der Waals surface area contributed by atoms with Crippen molar-refractivity contribution in [2.75, 3.05) is 11.9 Å². The van der Waals surface area contributed by atoms with Gasteiger partial charge < -0.3 is 15.4 Å². The van der Waals surface area contributed by atoms with Crippen LogP contribution in [0.1, 0.15) is 29.2 Å². The number of hydrogen-bond acceptors (Lipinski definition) is 3. The van der Waals surface area contributed by atoms with Crippen molar-refractivity contribution >= 4 is 17.5 Å². The molecule has 0 radical (unpaired) electrons. The van der Waals surface area contributed by atoms with E-state index >= 15 is 0 Å². The van der Waals surface area contributed by atoms with Gasteiger partial charge in [0.2, 0.25) is 5.91 Å². The maximum absolute atomic E-state index is 12.6. The van der Waals surface area contributed by atoms with Crippen molar-refractivity contribution in [2.45, 2.75) is 25.3 Å². The van der Waals surface area contributed by atoms with Gasteiger partial charge in [-0.2, -0.15) is 0 Å². The second-order valence-electron chi connectivity index (χ2n) is 7.38. The fourth-order valence-electron chi connectivity index (χ4n) is 3.62. The number of amides is 2. The van der Waals surface area contributed by atoms with E-state index in [1.165, 1.54) is 0 Å². The molecule has 0 saturated heterocycles. The Balaban J connectivity index is 1.40. The molecule has 0 aliphatic carbocycles. The molecule has 0 fully saturated rings. The van der Waals surface area contributed by atoms with Crippen molar-refractivity contribution in [2.24, 2.45) is 0 Å².